The summed E-state index contributed by atoms with van der Waals surface area (Å²) >= 11 is 7.43. The maximum atomic E-state index is 12.3. The molecular weight excluding hydrogens is 468 g/mol. The summed E-state index contributed by atoms with van der Waals surface area (Å²) in [5.74, 6) is 2.37. The SMILES string of the molecule is CC[C@H](C)NC(=O)CSc1nnc(-c2ccc(Cl)cc2)n1-c1ccc(Oc2ccccc2)cc1. The topological polar surface area (TPSA) is 69.0 Å². The summed E-state index contributed by atoms with van der Waals surface area (Å²) in [5, 5.41) is 13.1. The Labute approximate surface area is 208 Å². The first-order valence-electron chi connectivity index (χ1n) is 11.0. The monoisotopic (exact) mass is 492 g/mol. The molecule has 4 rings (SSSR count). The minimum absolute atomic E-state index is 0.0337. The predicted molar refractivity (Wildman–Crippen MR) is 137 cm³/mol. The number of aromatic nitrogens is 3. The van der Waals surface area contributed by atoms with Gasteiger partial charge in [-0.25, -0.2) is 0 Å². The van der Waals surface area contributed by atoms with E-state index in [0.717, 1.165) is 29.2 Å². The van der Waals surface area contributed by atoms with Gasteiger partial charge in [-0.3, -0.25) is 9.36 Å². The van der Waals surface area contributed by atoms with Crippen LogP contribution in [0.2, 0.25) is 5.02 Å². The molecule has 0 unspecified atom stereocenters. The lowest BCUT2D eigenvalue weighted by Gasteiger charge is -2.13. The number of benzene rings is 3. The molecule has 0 saturated carbocycles. The Balaban J connectivity index is 1.62. The van der Waals surface area contributed by atoms with Crippen LogP contribution in [0.1, 0.15) is 20.3 Å². The van der Waals surface area contributed by atoms with Crippen molar-refractivity contribution in [3.05, 3.63) is 83.9 Å². The van der Waals surface area contributed by atoms with Crippen LogP contribution in [-0.4, -0.2) is 32.5 Å². The summed E-state index contributed by atoms with van der Waals surface area (Å²) in [6.45, 7) is 4.03. The van der Waals surface area contributed by atoms with E-state index < -0.39 is 0 Å². The first kappa shape index (κ1) is 23.9. The molecule has 6 nitrogen and oxygen atoms in total. The van der Waals surface area contributed by atoms with Gasteiger partial charge in [-0.15, -0.1) is 10.2 Å². The number of halogens is 1. The zero-order chi connectivity index (χ0) is 23.9. The molecule has 1 heterocycles. The maximum Gasteiger partial charge on any atom is 0.230 e. The molecule has 0 radical (unpaired) electrons. The Hall–Kier alpha value is -3.29. The number of thioether (sulfide) groups is 1. The zero-order valence-corrected chi connectivity index (χ0v) is 20.5. The molecule has 0 aliphatic carbocycles. The number of nitrogens with zero attached hydrogens (tertiary/aromatic N) is 3. The highest BCUT2D eigenvalue weighted by molar-refractivity contribution is 7.99. The number of nitrogens with one attached hydrogen (secondary N) is 1. The van der Waals surface area contributed by atoms with Crippen molar-refractivity contribution in [2.45, 2.75) is 31.5 Å². The number of hydrogen-bond donors (Lipinski definition) is 1. The van der Waals surface area contributed by atoms with Gasteiger partial charge in [0, 0.05) is 22.3 Å². The minimum Gasteiger partial charge on any atom is -0.457 e. The number of para-hydroxylation sites is 1. The van der Waals surface area contributed by atoms with Gasteiger partial charge in [0.15, 0.2) is 11.0 Å². The van der Waals surface area contributed by atoms with Crippen LogP contribution in [-0.2, 0) is 4.79 Å². The van der Waals surface area contributed by atoms with Gasteiger partial charge in [-0.05, 0) is 74.0 Å². The van der Waals surface area contributed by atoms with Gasteiger partial charge >= 0.3 is 0 Å². The van der Waals surface area contributed by atoms with Crippen molar-refractivity contribution in [1.82, 2.24) is 20.1 Å². The van der Waals surface area contributed by atoms with E-state index in [1.165, 1.54) is 11.8 Å². The van der Waals surface area contributed by atoms with Gasteiger partial charge in [0.2, 0.25) is 5.91 Å². The lowest BCUT2D eigenvalue weighted by atomic mass is 10.2. The largest absolute Gasteiger partial charge is 0.457 e. The number of carbonyl (C=O) groups is 1. The standard InChI is InChI=1S/C26H25ClN4O2S/c1-3-18(2)28-24(32)17-34-26-30-29-25(19-9-11-20(27)12-10-19)31(26)21-13-15-23(16-14-21)33-22-7-5-4-6-8-22/h4-16,18H,3,17H2,1-2H3,(H,28,32)/t18-/m0/s1. The second-order valence-electron chi connectivity index (χ2n) is 7.72. The van der Waals surface area contributed by atoms with Crippen LogP contribution in [0.15, 0.2) is 84.0 Å². The van der Waals surface area contributed by atoms with Crippen LogP contribution in [0.4, 0.5) is 0 Å². The van der Waals surface area contributed by atoms with E-state index in [2.05, 4.69) is 15.5 Å². The van der Waals surface area contributed by atoms with Gasteiger partial charge in [-0.1, -0.05) is 48.5 Å². The van der Waals surface area contributed by atoms with E-state index in [1.807, 2.05) is 97.3 Å². The van der Waals surface area contributed by atoms with Gasteiger partial charge in [0.05, 0.1) is 5.75 Å². The number of hydrogen-bond acceptors (Lipinski definition) is 5. The molecule has 0 aliphatic rings. The Kier molecular flexibility index (Phi) is 7.87. The smallest absolute Gasteiger partial charge is 0.230 e. The van der Waals surface area contributed by atoms with E-state index in [9.17, 15) is 4.79 Å². The molecule has 1 amide bonds. The lowest BCUT2D eigenvalue weighted by molar-refractivity contribution is -0.119. The second kappa shape index (κ2) is 11.2. The highest BCUT2D eigenvalue weighted by Gasteiger charge is 2.18. The van der Waals surface area contributed by atoms with E-state index in [1.54, 1.807) is 0 Å². The molecule has 174 valence electrons. The molecule has 34 heavy (non-hydrogen) atoms. The summed E-state index contributed by atoms with van der Waals surface area (Å²) in [6.07, 6.45) is 0.880. The number of amides is 1. The fourth-order valence-electron chi connectivity index (χ4n) is 3.22. The molecule has 8 heteroatoms. The first-order chi connectivity index (χ1) is 16.5. The summed E-state index contributed by atoms with van der Waals surface area (Å²) in [6, 6.07) is 24.9. The van der Waals surface area contributed by atoms with Crippen molar-refractivity contribution in [2.75, 3.05) is 5.75 Å². The zero-order valence-electron chi connectivity index (χ0n) is 18.9. The Bertz CT molecular complexity index is 1230. The number of ether oxygens (including phenoxy) is 1. The first-order valence-corrected chi connectivity index (χ1v) is 12.4. The average Bonchev–Trinajstić information content (AvgIpc) is 3.28. The van der Waals surface area contributed by atoms with Gasteiger partial charge in [0.25, 0.3) is 0 Å². The van der Waals surface area contributed by atoms with E-state index in [0.29, 0.717) is 16.0 Å². The van der Waals surface area contributed by atoms with Crippen molar-refractivity contribution in [3.63, 3.8) is 0 Å². The van der Waals surface area contributed by atoms with Crippen molar-refractivity contribution >= 4 is 29.3 Å². The van der Waals surface area contributed by atoms with E-state index in [-0.39, 0.29) is 17.7 Å². The van der Waals surface area contributed by atoms with Crippen molar-refractivity contribution in [1.29, 1.82) is 0 Å². The quantitative estimate of drug-likeness (QED) is 0.274. The molecule has 4 aromatic rings. The van der Waals surface area contributed by atoms with Crippen LogP contribution in [0.3, 0.4) is 0 Å². The minimum atomic E-state index is -0.0337. The molecule has 0 saturated heterocycles. The molecule has 0 bridgehead atoms. The summed E-state index contributed by atoms with van der Waals surface area (Å²) < 4.78 is 7.86. The number of rotatable bonds is 9. The predicted octanol–water partition coefficient (Wildman–Crippen LogP) is 6.39. The maximum absolute atomic E-state index is 12.3. The Morgan fingerprint density at radius 3 is 2.35 bits per heavy atom. The Morgan fingerprint density at radius 1 is 1.00 bits per heavy atom. The van der Waals surface area contributed by atoms with Crippen LogP contribution in [0.25, 0.3) is 17.1 Å². The van der Waals surface area contributed by atoms with Gasteiger partial charge in [0.1, 0.15) is 11.5 Å². The molecule has 1 N–H and O–H groups in total. The third kappa shape index (κ3) is 5.98. The van der Waals surface area contributed by atoms with Crippen LogP contribution >= 0.6 is 23.4 Å². The molecule has 0 spiro atoms. The fourth-order valence-corrected chi connectivity index (χ4v) is 4.11. The fraction of sp³-hybridized carbons (Fsp3) is 0.192. The lowest BCUT2D eigenvalue weighted by Crippen LogP contribution is -2.33. The van der Waals surface area contributed by atoms with Crippen LogP contribution < -0.4 is 10.1 Å². The molecule has 1 aromatic heterocycles. The third-order valence-electron chi connectivity index (χ3n) is 5.16. The highest BCUT2D eigenvalue weighted by Crippen LogP contribution is 2.30. The van der Waals surface area contributed by atoms with Gasteiger partial charge in [-0.2, -0.15) is 0 Å². The van der Waals surface area contributed by atoms with Gasteiger partial charge < -0.3 is 10.1 Å². The molecule has 0 aliphatic heterocycles. The summed E-state index contributed by atoms with van der Waals surface area (Å²) in [5.41, 5.74) is 1.73. The van der Waals surface area contributed by atoms with E-state index in [4.69, 9.17) is 16.3 Å². The summed E-state index contributed by atoms with van der Waals surface area (Å²) in [7, 11) is 0. The third-order valence-corrected chi connectivity index (χ3v) is 6.34. The number of carbonyl (C=O) groups excluding carboxylic acids is 1. The van der Waals surface area contributed by atoms with Crippen molar-refractivity contribution in [3.8, 4) is 28.6 Å². The summed E-state index contributed by atoms with van der Waals surface area (Å²) in [4.78, 5) is 12.3. The molecule has 0 fully saturated rings. The van der Waals surface area contributed by atoms with E-state index >= 15 is 0 Å². The van der Waals surface area contributed by atoms with Crippen LogP contribution in [0.5, 0.6) is 11.5 Å². The Morgan fingerprint density at radius 2 is 1.68 bits per heavy atom. The van der Waals surface area contributed by atoms with Crippen LogP contribution in [0, 0.1) is 0 Å². The van der Waals surface area contributed by atoms with Crippen molar-refractivity contribution in [2.24, 2.45) is 0 Å². The molecule has 3 aromatic carbocycles. The second-order valence-corrected chi connectivity index (χ2v) is 9.10. The average molecular weight is 493 g/mol. The molecule has 1 atom stereocenters. The normalized spacial score (nSPS) is 11.7. The van der Waals surface area contributed by atoms with Crippen molar-refractivity contribution < 1.29 is 9.53 Å². The molecular formula is C26H25ClN4O2S. The highest BCUT2D eigenvalue weighted by atomic mass is 35.5.